The fourth-order valence-corrected chi connectivity index (χ4v) is 5.05. The van der Waals surface area contributed by atoms with E-state index < -0.39 is 15.8 Å². The molecule has 1 saturated heterocycles. The van der Waals surface area contributed by atoms with Crippen LogP contribution in [0, 0.1) is 17.6 Å². The number of rotatable bonds is 5. The lowest BCUT2D eigenvalue weighted by atomic mass is 9.96. The van der Waals surface area contributed by atoms with Crippen LogP contribution in [0.5, 0.6) is 0 Å². The van der Waals surface area contributed by atoms with Gasteiger partial charge in [0, 0.05) is 19.0 Å². The van der Waals surface area contributed by atoms with E-state index in [2.05, 4.69) is 5.32 Å². The Morgan fingerprint density at radius 3 is 2.34 bits per heavy atom. The summed E-state index contributed by atoms with van der Waals surface area (Å²) in [7, 11) is -3.81. The number of benzene rings is 2. The van der Waals surface area contributed by atoms with E-state index in [1.807, 2.05) is 6.92 Å². The zero-order valence-electron chi connectivity index (χ0n) is 15.7. The van der Waals surface area contributed by atoms with Crippen LogP contribution in [0.4, 0.5) is 8.78 Å². The normalized spacial score (nSPS) is 17.1. The lowest BCUT2D eigenvalue weighted by Gasteiger charge is -2.31. The molecule has 5 nitrogen and oxygen atoms in total. The first kappa shape index (κ1) is 21.7. The summed E-state index contributed by atoms with van der Waals surface area (Å²) in [5.74, 6) is -1.51. The molecular formula is C20H21ClF2N2O3S. The minimum Gasteiger partial charge on any atom is -0.349 e. The predicted octanol–water partition coefficient (Wildman–Crippen LogP) is 3.90. The largest absolute Gasteiger partial charge is 0.349 e. The summed E-state index contributed by atoms with van der Waals surface area (Å²) in [6.07, 6.45) is 0.742. The van der Waals surface area contributed by atoms with E-state index in [-0.39, 0.29) is 46.7 Å². The van der Waals surface area contributed by atoms with Crippen molar-refractivity contribution in [1.82, 2.24) is 9.62 Å². The molecule has 0 bridgehead atoms. The monoisotopic (exact) mass is 442 g/mol. The molecule has 0 spiro atoms. The number of piperidine rings is 1. The van der Waals surface area contributed by atoms with Gasteiger partial charge in [0.1, 0.15) is 11.6 Å². The topological polar surface area (TPSA) is 66.5 Å². The second-order valence-corrected chi connectivity index (χ2v) is 9.38. The Morgan fingerprint density at radius 2 is 1.76 bits per heavy atom. The van der Waals surface area contributed by atoms with Gasteiger partial charge in [0.2, 0.25) is 15.9 Å². The first-order valence-electron chi connectivity index (χ1n) is 9.19. The van der Waals surface area contributed by atoms with Gasteiger partial charge in [0.15, 0.2) is 0 Å². The van der Waals surface area contributed by atoms with E-state index in [1.165, 1.54) is 22.5 Å². The van der Waals surface area contributed by atoms with Crippen molar-refractivity contribution in [2.75, 3.05) is 13.1 Å². The third-order valence-corrected chi connectivity index (χ3v) is 7.27. The zero-order chi connectivity index (χ0) is 21.2. The molecule has 1 N–H and O–H groups in total. The molecule has 1 fully saturated rings. The summed E-state index contributed by atoms with van der Waals surface area (Å²) in [5, 5.41) is 2.64. The lowest BCUT2D eigenvalue weighted by Crippen LogP contribution is -2.43. The van der Waals surface area contributed by atoms with Crippen molar-refractivity contribution in [2.24, 2.45) is 5.92 Å². The molecule has 9 heteroatoms. The van der Waals surface area contributed by atoms with Gasteiger partial charge in [-0.15, -0.1) is 0 Å². The Morgan fingerprint density at radius 1 is 1.14 bits per heavy atom. The van der Waals surface area contributed by atoms with Gasteiger partial charge in [-0.3, -0.25) is 4.79 Å². The molecule has 1 unspecified atom stereocenters. The van der Waals surface area contributed by atoms with Crippen LogP contribution < -0.4 is 5.32 Å². The van der Waals surface area contributed by atoms with E-state index >= 15 is 0 Å². The molecule has 1 aliphatic heterocycles. The van der Waals surface area contributed by atoms with E-state index in [0.29, 0.717) is 12.8 Å². The fraction of sp³-hybridized carbons (Fsp3) is 0.350. The third-order valence-electron chi connectivity index (χ3n) is 5.08. The van der Waals surface area contributed by atoms with E-state index in [9.17, 15) is 22.0 Å². The summed E-state index contributed by atoms with van der Waals surface area (Å²) >= 11 is 5.70. The minimum absolute atomic E-state index is 0.0725. The van der Waals surface area contributed by atoms with Crippen molar-refractivity contribution in [2.45, 2.75) is 30.7 Å². The van der Waals surface area contributed by atoms with E-state index in [1.54, 1.807) is 12.1 Å². The molecule has 29 heavy (non-hydrogen) atoms. The van der Waals surface area contributed by atoms with Crippen molar-refractivity contribution >= 4 is 27.5 Å². The maximum Gasteiger partial charge on any atom is 0.243 e. The van der Waals surface area contributed by atoms with Gasteiger partial charge in [0.05, 0.1) is 16.0 Å². The van der Waals surface area contributed by atoms with Crippen LogP contribution in [0.3, 0.4) is 0 Å². The number of nitrogens with one attached hydrogen (secondary N) is 1. The Labute approximate surface area is 173 Å². The zero-order valence-corrected chi connectivity index (χ0v) is 17.3. The molecule has 0 saturated carbocycles. The van der Waals surface area contributed by atoms with Crippen molar-refractivity contribution in [3.63, 3.8) is 0 Å². The average molecular weight is 443 g/mol. The predicted molar refractivity (Wildman–Crippen MR) is 106 cm³/mol. The van der Waals surface area contributed by atoms with E-state index in [0.717, 1.165) is 17.7 Å². The molecule has 1 atom stereocenters. The quantitative estimate of drug-likeness (QED) is 0.763. The highest BCUT2D eigenvalue weighted by Crippen LogP contribution is 2.27. The number of sulfonamides is 1. The lowest BCUT2D eigenvalue weighted by molar-refractivity contribution is -0.126. The average Bonchev–Trinajstić information content (AvgIpc) is 2.70. The van der Waals surface area contributed by atoms with E-state index in [4.69, 9.17) is 11.6 Å². The second-order valence-electron chi connectivity index (χ2n) is 7.04. The Bertz CT molecular complexity index is 991. The highest BCUT2D eigenvalue weighted by atomic mass is 35.5. The van der Waals surface area contributed by atoms with Gasteiger partial charge in [-0.05, 0) is 55.7 Å². The van der Waals surface area contributed by atoms with Gasteiger partial charge in [-0.1, -0.05) is 23.7 Å². The highest BCUT2D eigenvalue weighted by Gasteiger charge is 2.32. The fourth-order valence-electron chi connectivity index (χ4n) is 3.31. The van der Waals surface area contributed by atoms with Crippen LogP contribution in [-0.2, 0) is 14.8 Å². The standard InChI is InChI=1S/C20H21ClF2N2O3S/c1-13(14-2-4-16(22)5-3-14)24-20(26)15-8-10-25(11-9-15)29(27,28)17-6-7-19(23)18(21)12-17/h2-7,12-13,15H,8-11H2,1H3,(H,24,26). The summed E-state index contributed by atoms with van der Waals surface area (Å²) in [4.78, 5) is 12.5. The number of carbonyl (C=O) groups is 1. The molecule has 2 aromatic carbocycles. The van der Waals surface area contributed by atoms with Crippen LogP contribution in [-0.4, -0.2) is 31.7 Å². The Kier molecular flexibility index (Phi) is 6.55. The summed E-state index contributed by atoms with van der Waals surface area (Å²) in [6, 6.07) is 8.91. The van der Waals surface area contributed by atoms with Crippen LogP contribution in [0.25, 0.3) is 0 Å². The molecule has 2 aromatic rings. The summed E-state index contributed by atoms with van der Waals surface area (Å²) in [5.41, 5.74) is 0.785. The summed E-state index contributed by atoms with van der Waals surface area (Å²) < 4.78 is 53.1. The molecule has 0 aliphatic carbocycles. The molecule has 0 radical (unpaired) electrons. The van der Waals surface area contributed by atoms with Gasteiger partial charge < -0.3 is 5.32 Å². The Balaban J connectivity index is 1.60. The second kappa shape index (κ2) is 8.77. The molecule has 3 rings (SSSR count). The number of nitrogens with zero attached hydrogens (tertiary/aromatic N) is 1. The van der Waals surface area contributed by atoms with Crippen LogP contribution in [0.15, 0.2) is 47.4 Å². The Hall–Kier alpha value is -2.03. The smallest absolute Gasteiger partial charge is 0.243 e. The molecule has 156 valence electrons. The maximum atomic E-state index is 13.3. The number of amides is 1. The third kappa shape index (κ3) is 4.94. The molecular weight excluding hydrogens is 422 g/mol. The molecule has 1 heterocycles. The van der Waals surface area contributed by atoms with Crippen LogP contribution in [0.2, 0.25) is 5.02 Å². The number of hydrogen-bond donors (Lipinski definition) is 1. The van der Waals surface area contributed by atoms with Gasteiger partial charge >= 0.3 is 0 Å². The first-order chi connectivity index (χ1) is 13.7. The van der Waals surface area contributed by atoms with Gasteiger partial charge in [-0.25, -0.2) is 17.2 Å². The number of hydrogen-bond acceptors (Lipinski definition) is 3. The van der Waals surface area contributed by atoms with Gasteiger partial charge in [-0.2, -0.15) is 4.31 Å². The van der Waals surface area contributed by atoms with Crippen molar-refractivity contribution < 1.29 is 22.0 Å². The molecule has 1 amide bonds. The van der Waals surface area contributed by atoms with Crippen molar-refractivity contribution in [3.05, 3.63) is 64.7 Å². The molecule has 1 aliphatic rings. The summed E-state index contributed by atoms with van der Waals surface area (Å²) in [6.45, 7) is 2.17. The molecule has 0 aromatic heterocycles. The highest BCUT2D eigenvalue weighted by molar-refractivity contribution is 7.89. The van der Waals surface area contributed by atoms with Crippen LogP contribution >= 0.6 is 11.6 Å². The first-order valence-corrected chi connectivity index (χ1v) is 11.0. The van der Waals surface area contributed by atoms with Crippen LogP contribution in [0.1, 0.15) is 31.4 Å². The SMILES string of the molecule is CC(NC(=O)C1CCN(S(=O)(=O)c2ccc(F)c(Cl)c2)CC1)c1ccc(F)cc1. The minimum atomic E-state index is -3.81. The number of halogens is 3. The maximum absolute atomic E-state index is 13.3. The van der Waals surface area contributed by atoms with Crippen molar-refractivity contribution in [3.8, 4) is 0 Å². The number of carbonyl (C=O) groups excluding carboxylic acids is 1. The van der Waals surface area contributed by atoms with Gasteiger partial charge in [0.25, 0.3) is 0 Å². The van der Waals surface area contributed by atoms with Crippen molar-refractivity contribution in [1.29, 1.82) is 0 Å².